The fourth-order valence-corrected chi connectivity index (χ4v) is 2.74. The summed E-state index contributed by atoms with van der Waals surface area (Å²) in [7, 11) is 0. The number of carbonyl (C=O) groups excluding carboxylic acids is 1. The fourth-order valence-electron chi connectivity index (χ4n) is 2.57. The van der Waals surface area contributed by atoms with Gasteiger partial charge in [-0.25, -0.2) is 0 Å². The summed E-state index contributed by atoms with van der Waals surface area (Å²) in [6.45, 7) is -1.48. The number of benzene rings is 2. The van der Waals surface area contributed by atoms with E-state index in [1.165, 1.54) is 42.5 Å². The van der Waals surface area contributed by atoms with Gasteiger partial charge in [-0.05, 0) is 42.8 Å². The van der Waals surface area contributed by atoms with Crippen molar-refractivity contribution in [2.45, 2.75) is 20.1 Å². The standard InChI is InChI=1S/C20H15ClF2N2O6/c1-11-2-6-16(31-20(22)23)15(8-11)24-19(26)17-7-4-13(30-17)10-29-18-9-12(25(27)28)3-5-14(18)21/h2-9,20H,10H2,1H3,(H,24,26). The van der Waals surface area contributed by atoms with E-state index in [0.29, 0.717) is 0 Å². The maximum Gasteiger partial charge on any atom is 0.387 e. The van der Waals surface area contributed by atoms with Crippen molar-refractivity contribution in [2.75, 3.05) is 5.32 Å². The molecule has 162 valence electrons. The largest absolute Gasteiger partial charge is 0.484 e. The molecule has 3 rings (SSSR count). The second-order valence-corrected chi connectivity index (χ2v) is 6.67. The summed E-state index contributed by atoms with van der Waals surface area (Å²) >= 11 is 5.97. The highest BCUT2D eigenvalue weighted by Crippen LogP contribution is 2.30. The number of nitrogens with one attached hydrogen (secondary N) is 1. The smallest absolute Gasteiger partial charge is 0.387 e. The molecule has 1 aromatic heterocycles. The van der Waals surface area contributed by atoms with Gasteiger partial charge < -0.3 is 19.2 Å². The first kappa shape index (κ1) is 22.0. The summed E-state index contributed by atoms with van der Waals surface area (Å²) < 4.78 is 40.4. The maximum absolute atomic E-state index is 12.6. The van der Waals surface area contributed by atoms with Crippen LogP contribution < -0.4 is 14.8 Å². The molecule has 0 fully saturated rings. The van der Waals surface area contributed by atoms with Gasteiger partial charge in [-0.2, -0.15) is 8.78 Å². The molecule has 0 radical (unpaired) electrons. The number of nitro benzene ring substituents is 1. The number of rotatable bonds is 8. The molecule has 3 aromatic rings. The molecule has 0 unspecified atom stereocenters. The second-order valence-electron chi connectivity index (χ2n) is 6.26. The predicted molar refractivity (Wildman–Crippen MR) is 107 cm³/mol. The Hall–Kier alpha value is -3.66. The van der Waals surface area contributed by atoms with Gasteiger partial charge in [0.05, 0.1) is 21.7 Å². The first-order valence-electron chi connectivity index (χ1n) is 8.75. The minimum Gasteiger partial charge on any atom is -0.484 e. The van der Waals surface area contributed by atoms with E-state index in [-0.39, 0.29) is 46.0 Å². The molecule has 0 aliphatic carbocycles. The van der Waals surface area contributed by atoms with E-state index in [1.807, 2.05) is 0 Å². The molecule has 8 nitrogen and oxygen atoms in total. The molecule has 0 aliphatic rings. The van der Waals surface area contributed by atoms with Gasteiger partial charge in [0.25, 0.3) is 11.6 Å². The molecule has 0 saturated heterocycles. The molecule has 11 heteroatoms. The van der Waals surface area contributed by atoms with Crippen molar-refractivity contribution in [3.05, 3.63) is 80.8 Å². The van der Waals surface area contributed by atoms with Crippen LogP contribution in [0.3, 0.4) is 0 Å². The third kappa shape index (κ3) is 5.70. The van der Waals surface area contributed by atoms with E-state index in [2.05, 4.69) is 10.1 Å². The van der Waals surface area contributed by atoms with E-state index < -0.39 is 17.4 Å². The Bertz CT molecular complexity index is 1120. The number of furan rings is 1. The van der Waals surface area contributed by atoms with Gasteiger partial charge >= 0.3 is 6.61 Å². The number of nitro groups is 1. The molecular weight excluding hydrogens is 438 g/mol. The van der Waals surface area contributed by atoms with Crippen molar-refractivity contribution in [3.8, 4) is 11.5 Å². The Morgan fingerprint density at radius 3 is 2.68 bits per heavy atom. The van der Waals surface area contributed by atoms with Crippen LogP contribution in [0.15, 0.2) is 52.9 Å². The Kier molecular flexibility index (Phi) is 6.71. The van der Waals surface area contributed by atoms with E-state index >= 15 is 0 Å². The molecule has 0 saturated carbocycles. The Morgan fingerprint density at radius 2 is 1.97 bits per heavy atom. The molecule has 0 atom stereocenters. The lowest BCUT2D eigenvalue weighted by atomic mass is 10.2. The predicted octanol–water partition coefficient (Wildman–Crippen LogP) is 5.58. The third-order valence-corrected chi connectivity index (χ3v) is 4.29. The number of halogens is 3. The monoisotopic (exact) mass is 452 g/mol. The van der Waals surface area contributed by atoms with Crippen molar-refractivity contribution in [1.29, 1.82) is 0 Å². The van der Waals surface area contributed by atoms with Crippen molar-refractivity contribution in [1.82, 2.24) is 0 Å². The van der Waals surface area contributed by atoms with Gasteiger partial charge in [0.15, 0.2) is 5.76 Å². The van der Waals surface area contributed by atoms with Crippen LogP contribution in [-0.2, 0) is 6.61 Å². The zero-order chi connectivity index (χ0) is 22.5. The van der Waals surface area contributed by atoms with Crippen LogP contribution in [0.2, 0.25) is 5.02 Å². The van der Waals surface area contributed by atoms with Crippen LogP contribution >= 0.6 is 11.6 Å². The van der Waals surface area contributed by atoms with Crippen molar-refractivity contribution in [3.63, 3.8) is 0 Å². The minimum atomic E-state index is -3.05. The first-order chi connectivity index (χ1) is 14.7. The number of aryl methyl sites for hydroxylation is 1. The van der Waals surface area contributed by atoms with Crippen LogP contribution in [0.4, 0.5) is 20.2 Å². The number of carbonyl (C=O) groups is 1. The number of anilines is 1. The van der Waals surface area contributed by atoms with Crippen molar-refractivity contribution in [2.24, 2.45) is 0 Å². The first-order valence-corrected chi connectivity index (χ1v) is 9.13. The zero-order valence-electron chi connectivity index (χ0n) is 15.9. The Balaban J connectivity index is 1.69. The van der Waals surface area contributed by atoms with Crippen LogP contribution in [0.5, 0.6) is 11.5 Å². The highest BCUT2D eigenvalue weighted by Gasteiger charge is 2.17. The van der Waals surface area contributed by atoms with E-state index in [1.54, 1.807) is 13.0 Å². The van der Waals surface area contributed by atoms with Crippen molar-refractivity contribution < 1.29 is 32.4 Å². The van der Waals surface area contributed by atoms with Gasteiger partial charge in [-0.3, -0.25) is 14.9 Å². The Labute approximate surface area is 179 Å². The number of ether oxygens (including phenoxy) is 2. The number of non-ortho nitro benzene ring substituents is 1. The van der Waals surface area contributed by atoms with Crippen LogP contribution in [0.1, 0.15) is 21.9 Å². The number of hydrogen-bond acceptors (Lipinski definition) is 6. The molecule has 31 heavy (non-hydrogen) atoms. The van der Waals surface area contributed by atoms with Gasteiger partial charge in [0.2, 0.25) is 0 Å². The zero-order valence-corrected chi connectivity index (χ0v) is 16.7. The summed E-state index contributed by atoms with van der Waals surface area (Å²) in [5, 5.41) is 13.5. The molecule has 1 amide bonds. The molecule has 0 spiro atoms. The molecular formula is C20H15ClF2N2O6. The highest BCUT2D eigenvalue weighted by atomic mass is 35.5. The molecule has 1 N–H and O–H groups in total. The lowest BCUT2D eigenvalue weighted by molar-refractivity contribution is -0.384. The van der Waals surface area contributed by atoms with Crippen molar-refractivity contribution >= 4 is 28.9 Å². The average Bonchev–Trinajstić information content (AvgIpc) is 3.18. The normalized spacial score (nSPS) is 10.7. The second kappa shape index (κ2) is 9.43. The number of hydrogen-bond donors (Lipinski definition) is 1. The summed E-state index contributed by atoms with van der Waals surface area (Å²) in [6.07, 6.45) is 0. The topological polar surface area (TPSA) is 104 Å². The Morgan fingerprint density at radius 1 is 1.19 bits per heavy atom. The van der Waals surface area contributed by atoms with E-state index in [0.717, 1.165) is 5.56 Å². The molecule has 0 aliphatic heterocycles. The average molecular weight is 453 g/mol. The van der Waals surface area contributed by atoms with Gasteiger partial charge in [0.1, 0.15) is 23.9 Å². The van der Waals surface area contributed by atoms with Gasteiger partial charge in [-0.1, -0.05) is 17.7 Å². The number of nitrogens with zero attached hydrogens (tertiary/aromatic N) is 1. The third-order valence-electron chi connectivity index (χ3n) is 3.98. The molecule has 1 heterocycles. The van der Waals surface area contributed by atoms with E-state index in [9.17, 15) is 23.7 Å². The van der Waals surface area contributed by atoms with Crippen LogP contribution in [0, 0.1) is 17.0 Å². The van der Waals surface area contributed by atoms with Gasteiger partial charge in [0, 0.05) is 6.07 Å². The lowest BCUT2D eigenvalue weighted by Crippen LogP contribution is -2.13. The quantitative estimate of drug-likeness (QED) is 0.353. The van der Waals surface area contributed by atoms with Crippen LogP contribution in [-0.4, -0.2) is 17.4 Å². The molecule has 2 aromatic carbocycles. The highest BCUT2D eigenvalue weighted by molar-refractivity contribution is 6.32. The summed E-state index contributed by atoms with van der Waals surface area (Å²) in [6, 6.07) is 10.9. The summed E-state index contributed by atoms with van der Waals surface area (Å²) in [5.74, 6) is -0.671. The molecule has 0 bridgehead atoms. The SMILES string of the molecule is Cc1ccc(OC(F)F)c(NC(=O)c2ccc(COc3cc([N+](=O)[O-])ccc3Cl)o2)c1. The number of amides is 1. The minimum absolute atomic E-state index is 0.0582. The maximum atomic E-state index is 12.6. The van der Waals surface area contributed by atoms with E-state index in [4.69, 9.17) is 20.8 Å². The van der Waals surface area contributed by atoms with Gasteiger partial charge in [-0.15, -0.1) is 0 Å². The lowest BCUT2D eigenvalue weighted by Gasteiger charge is -2.12. The summed E-state index contributed by atoms with van der Waals surface area (Å²) in [5.41, 5.74) is 0.584. The fraction of sp³-hybridized carbons (Fsp3) is 0.150. The number of alkyl halides is 2. The van der Waals surface area contributed by atoms with Crippen LogP contribution in [0.25, 0.3) is 0 Å². The summed E-state index contributed by atoms with van der Waals surface area (Å²) in [4.78, 5) is 22.7.